The molecule has 2 rings (SSSR count). The molecule has 1 heterocycles. The first kappa shape index (κ1) is 14.9. The van der Waals surface area contributed by atoms with Gasteiger partial charge in [0, 0.05) is 10.4 Å². The second-order valence-electron chi connectivity index (χ2n) is 4.87. The summed E-state index contributed by atoms with van der Waals surface area (Å²) in [5.74, 6) is 2.09. The molecule has 1 N–H and O–H groups in total. The van der Waals surface area contributed by atoms with Crippen LogP contribution < -0.4 is 4.74 Å². The maximum atomic E-state index is 9.42. The molecular weight excluding hydrogens is 320 g/mol. The fourth-order valence-electron chi connectivity index (χ4n) is 1.71. The Morgan fingerprint density at radius 1 is 1.35 bits per heavy atom. The van der Waals surface area contributed by atoms with Crippen molar-refractivity contribution in [2.45, 2.75) is 33.3 Å². The molecule has 0 amide bonds. The van der Waals surface area contributed by atoms with Crippen LogP contribution in [0.4, 0.5) is 0 Å². The summed E-state index contributed by atoms with van der Waals surface area (Å²) in [7, 11) is 0. The standard InChI is InChI=1S/C15H17BrN2O2/c1-9(2)15-17-7-14(13(8-19)18-15)20-11-4-5-12(16)10(3)6-11/h4-7,9,19H,8H2,1-3H3. The Kier molecular flexibility index (Phi) is 4.73. The Balaban J connectivity index is 2.30. The predicted octanol–water partition coefficient (Wildman–Crippen LogP) is 3.96. The van der Waals surface area contributed by atoms with Crippen LogP contribution in [0, 0.1) is 6.92 Å². The van der Waals surface area contributed by atoms with Gasteiger partial charge in [-0.2, -0.15) is 0 Å². The van der Waals surface area contributed by atoms with Gasteiger partial charge in [-0.05, 0) is 30.7 Å². The number of aryl methyl sites for hydroxylation is 1. The van der Waals surface area contributed by atoms with E-state index in [2.05, 4.69) is 25.9 Å². The molecule has 0 aliphatic rings. The van der Waals surface area contributed by atoms with E-state index < -0.39 is 0 Å². The average molecular weight is 337 g/mol. The molecule has 5 heteroatoms. The van der Waals surface area contributed by atoms with E-state index >= 15 is 0 Å². The number of hydrogen-bond donors (Lipinski definition) is 1. The summed E-state index contributed by atoms with van der Waals surface area (Å²) in [5.41, 5.74) is 1.58. The quantitative estimate of drug-likeness (QED) is 0.918. The van der Waals surface area contributed by atoms with Gasteiger partial charge >= 0.3 is 0 Å². The number of rotatable bonds is 4. The molecule has 0 saturated heterocycles. The van der Waals surface area contributed by atoms with Crippen LogP contribution in [0.15, 0.2) is 28.9 Å². The van der Waals surface area contributed by atoms with Crippen molar-refractivity contribution in [2.75, 3.05) is 0 Å². The van der Waals surface area contributed by atoms with Crippen molar-refractivity contribution in [3.8, 4) is 11.5 Å². The van der Waals surface area contributed by atoms with Crippen molar-refractivity contribution in [1.29, 1.82) is 0 Å². The molecule has 2 aromatic rings. The van der Waals surface area contributed by atoms with Crippen LogP contribution in [0.25, 0.3) is 0 Å². The smallest absolute Gasteiger partial charge is 0.169 e. The van der Waals surface area contributed by atoms with Gasteiger partial charge in [0.1, 0.15) is 17.3 Å². The second kappa shape index (κ2) is 6.33. The van der Waals surface area contributed by atoms with Crippen molar-refractivity contribution >= 4 is 15.9 Å². The first-order valence-electron chi connectivity index (χ1n) is 6.42. The molecule has 106 valence electrons. The van der Waals surface area contributed by atoms with Crippen LogP contribution in [0.2, 0.25) is 0 Å². The molecule has 0 bridgehead atoms. The minimum absolute atomic E-state index is 0.174. The Morgan fingerprint density at radius 2 is 2.10 bits per heavy atom. The topological polar surface area (TPSA) is 55.2 Å². The highest BCUT2D eigenvalue weighted by Crippen LogP contribution is 2.28. The molecule has 1 aromatic heterocycles. The van der Waals surface area contributed by atoms with Crippen molar-refractivity contribution in [2.24, 2.45) is 0 Å². The summed E-state index contributed by atoms with van der Waals surface area (Å²) < 4.78 is 6.79. The number of aliphatic hydroxyl groups excluding tert-OH is 1. The number of aliphatic hydroxyl groups is 1. The Bertz CT molecular complexity index is 615. The summed E-state index contributed by atoms with van der Waals surface area (Å²) in [5, 5.41) is 9.42. The minimum Gasteiger partial charge on any atom is -0.454 e. The van der Waals surface area contributed by atoms with E-state index in [-0.39, 0.29) is 12.5 Å². The third kappa shape index (κ3) is 3.35. The van der Waals surface area contributed by atoms with E-state index in [1.54, 1.807) is 6.20 Å². The van der Waals surface area contributed by atoms with Crippen LogP contribution in [-0.4, -0.2) is 15.1 Å². The van der Waals surface area contributed by atoms with Gasteiger partial charge in [-0.25, -0.2) is 9.97 Å². The molecular formula is C15H17BrN2O2. The third-order valence-electron chi connectivity index (χ3n) is 2.87. The maximum absolute atomic E-state index is 9.42. The van der Waals surface area contributed by atoms with Crippen molar-refractivity contribution in [3.05, 3.63) is 46.0 Å². The van der Waals surface area contributed by atoms with Crippen LogP contribution in [0.3, 0.4) is 0 Å². The zero-order chi connectivity index (χ0) is 14.7. The largest absolute Gasteiger partial charge is 0.454 e. The lowest BCUT2D eigenvalue weighted by Crippen LogP contribution is -2.03. The number of ether oxygens (including phenoxy) is 1. The minimum atomic E-state index is -0.174. The van der Waals surface area contributed by atoms with E-state index in [9.17, 15) is 5.11 Å². The van der Waals surface area contributed by atoms with Crippen molar-refractivity contribution in [3.63, 3.8) is 0 Å². The van der Waals surface area contributed by atoms with Gasteiger partial charge in [0.2, 0.25) is 0 Å². The molecule has 0 aliphatic carbocycles. The number of nitrogens with zero attached hydrogens (tertiary/aromatic N) is 2. The zero-order valence-corrected chi connectivity index (χ0v) is 13.3. The highest BCUT2D eigenvalue weighted by Gasteiger charge is 2.11. The van der Waals surface area contributed by atoms with E-state index in [1.807, 2.05) is 39.0 Å². The molecule has 0 fully saturated rings. The molecule has 0 aliphatic heterocycles. The second-order valence-corrected chi connectivity index (χ2v) is 5.72. The van der Waals surface area contributed by atoms with E-state index in [0.717, 1.165) is 10.0 Å². The predicted molar refractivity (Wildman–Crippen MR) is 81.0 cm³/mol. The van der Waals surface area contributed by atoms with Crippen molar-refractivity contribution in [1.82, 2.24) is 9.97 Å². The Labute approximate surface area is 127 Å². The summed E-state index contributed by atoms with van der Waals surface area (Å²) in [6.45, 7) is 5.83. The van der Waals surface area contributed by atoms with Gasteiger partial charge in [0.15, 0.2) is 5.75 Å². The highest BCUT2D eigenvalue weighted by molar-refractivity contribution is 9.10. The fraction of sp³-hybridized carbons (Fsp3) is 0.333. The number of halogens is 1. The monoisotopic (exact) mass is 336 g/mol. The molecule has 0 saturated carbocycles. The molecule has 4 nitrogen and oxygen atoms in total. The fourth-order valence-corrected chi connectivity index (χ4v) is 1.95. The number of benzene rings is 1. The summed E-state index contributed by atoms with van der Waals surface area (Å²) in [4.78, 5) is 8.60. The van der Waals surface area contributed by atoms with Crippen LogP contribution in [0.1, 0.15) is 36.8 Å². The maximum Gasteiger partial charge on any atom is 0.169 e. The lowest BCUT2D eigenvalue weighted by atomic mass is 10.2. The number of hydrogen-bond acceptors (Lipinski definition) is 4. The average Bonchev–Trinajstić information content (AvgIpc) is 2.43. The first-order valence-corrected chi connectivity index (χ1v) is 7.21. The lowest BCUT2D eigenvalue weighted by molar-refractivity contribution is 0.270. The lowest BCUT2D eigenvalue weighted by Gasteiger charge is -2.12. The highest BCUT2D eigenvalue weighted by atomic mass is 79.9. The summed E-state index contributed by atoms with van der Waals surface area (Å²) in [6.07, 6.45) is 1.62. The van der Waals surface area contributed by atoms with Gasteiger partial charge in [-0.1, -0.05) is 29.8 Å². The first-order chi connectivity index (χ1) is 9.51. The Morgan fingerprint density at radius 3 is 2.70 bits per heavy atom. The van der Waals surface area contributed by atoms with E-state index in [0.29, 0.717) is 23.0 Å². The van der Waals surface area contributed by atoms with E-state index in [1.165, 1.54) is 0 Å². The molecule has 1 aromatic carbocycles. The van der Waals surface area contributed by atoms with E-state index in [4.69, 9.17) is 4.74 Å². The zero-order valence-electron chi connectivity index (χ0n) is 11.7. The van der Waals surface area contributed by atoms with Crippen LogP contribution in [0.5, 0.6) is 11.5 Å². The summed E-state index contributed by atoms with van der Waals surface area (Å²) in [6, 6.07) is 5.70. The van der Waals surface area contributed by atoms with Gasteiger partial charge < -0.3 is 9.84 Å². The molecule has 0 unspecified atom stereocenters. The van der Waals surface area contributed by atoms with Crippen LogP contribution >= 0.6 is 15.9 Å². The molecule has 20 heavy (non-hydrogen) atoms. The van der Waals surface area contributed by atoms with Gasteiger partial charge in [-0.3, -0.25) is 0 Å². The third-order valence-corrected chi connectivity index (χ3v) is 3.76. The van der Waals surface area contributed by atoms with Gasteiger partial charge in [-0.15, -0.1) is 0 Å². The SMILES string of the molecule is Cc1cc(Oc2cnc(C(C)C)nc2CO)ccc1Br. The van der Waals surface area contributed by atoms with Gasteiger partial charge in [0.25, 0.3) is 0 Å². The normalized spacial score (nSPS) is 10.9. The summed E-state index contributed by atoms with van der Waals surface area (Å²) >= 11 is 3.45. The molecule has 0 atom stereocenters. The molecule has 0 spiro atoms. The van der Waals surface area contributed by atoms with Crippen molar-refractivity contribution < 1.29 is 9.84 Å². The number of aromatic nitrogens is 2. The van der Waals surface area contributed by atoms with Crippen LogP contribution in [-0.2, 0) is 6.61 Å². The molecule has 0 radical (unpaired) electrons. The Hall–Kier alpha value is -1.46. The van der Waals surface area contributed by atoms with Gasteiger partial charge in [0.05, 0.1) is 12.8 Å².